The maximum absolute atomic E-state index is 14.0. The Morgan fingerprint density at radius 2 is 1.59 bits per heavy atom. The fourth-order valence-corrected chi connectivity index (χ4v) is 3.60. The monoisotopic (exact) mass is 451 g/mol. The molecule has 0 unspecified atom stereocenters. The van der Waals surface area contributed by atoms with Gasteiger partial charge in [-0.3, -0.25) is 4.28 Å². The lowest BCUT2D eigenvalue weighted by Gasteiger charge is -2.09. The summed E-state index contributed by atoms with van der Waals surface area (Å²) < 4.78 is 88.4. The summed E-state index contributed by atoms with van der Waals surface area (Å²) in [5, 5.41) is 2.46. The first kappa shape index (κ1) is 22.7. The molecule has 0 fully saturated rings. The van der Waals surface area contributed by atoms with E-state index in [9.17, 15) is 30.8 Å². The summed E-state index contributed by atoms with van der Waals surface area (Å²) in [6, 6.07) is 8.02. The number of halogens is 4. The van der Waals surface area contributed by atoms with Gasteiger partial charge in [-0.05, 0) is 31.1 Å². The molecular weight excluding hydrogens is 438 g/mol. The summed E-state index contributed by atoms with van der Waals surface area (Å²) in [5.74, 6) is -9.24. The maximum atomic E-state index is 14.0. The van der Waals surface area contributed by atoms with Crippen LogP contribution in [0.25, 0.3) is 0 Å². The van der Waals surface area contributed by atoms with E-state index in [1.165, 1.54) is 6.92 Å². The predicted molar refractivity (Wildman–Crippen MR) is 95.6 cm³/mol. The summed E-state index contributed by atoms with van der Waals surface area (Å²) in [7, 11) is -5.46. The van der Waals surface area contributed by atoms with Crippen LogP contribution < -0.4 is 0 Å². The molecule has 0 saturated carbocycles. The van der Waals surface area contributed by atoms with Crippen molar-refractivity contribution in [1.29, 1.82) is 0 Å². The Bertz CT molecular complexity index is 1030. The fourth-order valence-electron chi connectivity index (χ4n) is 1.95. The number of ether oxygens (including phenoxy) is 1. The molecule has 0 aliphatic heterocycles. The second kappa shape index (κ2) is 9.27. The zero-order valence-corrected chi connectivity index (χ0v) is 16.5. The van der Waals surface area contributed by atoms with Crippen LogP contribution in [-0.4, -0.2) is 26.0 Å². The van der Waals surface area contributed by atoms with E-state index in [-0.39, 0.29) is 6.61 Å². The van der Waals surface area contributed by atoms with Crippen LogP contribution in [0.1, 0.15) is 12.5 Å². The van der Waals surface area contributed by atoms with Crippen LogP contribution in [0, 0.1) is 30.2 Å². The lowest BCUT2D eigenvalue weighted by Crippen LogP contribution is -2.17. The van der Waals surface area contributed by atoms with Gasteiger partial charge >= 0.3 is 16.1 Å². The minimum atomic E-state index is -5.46. The average Bonchev–Trinajstić information content (AvgIpc) is 2.69. The standard InChI is InChI=1S/C17H13F4NO5S2/c1-3-26-17(23)16(28-10-7-5-4-6-8-10)22-27-29(24,25)15-13(20)11(18)9(2)12(19)14(15)21/h4-8H,3H2,1-2H3. The van der Waals surface area contributed by atoms with E-state index in [1.54, 1.807) is 30.3 Å². The van der Waals surface area contributed by atoms with Gasteiger partial charge in [0.2, 0.25) is 5.04 Å². The third-order valence-corrected chi connectivity index (χ3v) is 5.39. The van der Waals surface area contributed by atoms with Crippen LogP contribution in [0.3, 0.4) is 0 Å². The van der Waals surface area contributed by atoms with Gasteiger partial charge in [0.05, 0.1) is 6.61 Å². The van der Waals surface area contributed by atoms with Crippen molar-refractivity contribution in [2.75, 3.05) is 6.61 Å². The van der Waals surface area contributed by atoms with Gasteiger partial charge in [0, 0.05) is 10.5 Å². The van der Waals surface area contributed by atoms with E-state index < -0.39 is 54.9 Å². The number of hydrogen-bond donors (Lipinski definition) is 0. The Kier molecular flexibility index (Phi) is 7.25. The molecule has 29 heavy (non-hydrogen) atoms. The highest BCUT2D eigenvalue weighted by Gasteiger charge is 2.34. The minimum Gasteiger partial charge on any atom is -0.461 e. The van der Waals surface area contributed by atoms with Gasteiger partial charge in [-0.15, -0.1) is 0 Å². The van der Waals surface area contributed by atoms with Crippen molar-refractivity contribution in [2.24, 2.45) is 5.16 Å². The maximum Gasteiger partial charge on any atom is 0.367 e. The molecule has 0 radical (unpaired) electrons. The molecule has 2 aromatic carbocycles. The van der Waals surface area contributed by atoms with Crippen LogP contribution in [0.2, 0.25) is 0 Å². The molecule has 2 rings (SSSR count). The molecule has 0 N–H and O–H groups in total. The van der Waals surface area contributed by atoms with Gasteiger partial charge in [0.15, 0.2) is 28.2 Å². The smallest absolute Gasteiger partial charge is 0.367 e. The van der Waals surface area contributed by atoms with E-state index in [0.29, 0.717) is 16.7 Å². The molecule has 0 aliphatic carbocycles. The topological polar surface area (TPSA) is 82.0 Å². The van der Waals surface area contributed by atoms with Gasteiger partial charge in [-0.2, -0.15) is 8.42 Å². The van der Waals surface area contributed by atoms with Crippen LogP contribution in [0.5, 0.6) is 0 Å². The van der Waals surface area contributed by atoms with E-state index in [4.69, 9.17) is 4.74 Å². The normalized spacial score (nSPS) is 12.0. The lowest BCUT2D eigenvalue weighted by atomic mass is 10.2. The molecule has 6 nitrogen and oxygen atoms in total. The van der Waals surface area contributed by atoms with Gasteiger partial charge < -0.3 is 4.74 Å². The molecule has 156 valence electrons. The fraction of sp³-hybridized carbons (Fsp3) is 0.176. The molecule has 0 amide bonds. The number of hydrogen-bond acceptors (Lipinski definition) is 7. The second-order valence-corrected chi connectivity index (χ2v) is 7.80. The largest absolute Gasteiger partial charge is 0.461 e. The number of benzene rings is 2. The Balaban J connectivity index is 2.45. The molecule has 0 saturated heterocycles. The molecular formula is C17H13F4NO5S2. The Labute approximate surface area is 167 Å². The zero-order valence-electron chi connectivity index (χ0n) is 14.9. The third kappa shape index (κ3) is 5.07. The number of carbonyl (C=O) groups excluding carboxylic acids is 1. The summed E-state index contributed by atoms with van der Waals surface area (Å²) in [6.45, 7) is 2.11. The minimum absolute atomic E-state index is 0.0857. The molecule has 0 aliphatic rings. The number of carbonyl (C=O) groups is 1. The quantitative estimate of drug-likeness (QED) is 0.130. The first-order valence-corrected chi connectivity index (χ1v) is 10.1. The summed E-state index contributed by atoms with van der Waals surface area (Å²) >= 11 is 0.640. The van der Waals surface area contributed by atoms with Gasteiger partial charge in [-0.1, -0.05) is 30.0 Å². The van der Waals surface area contributed by atoms with Gasteiger partial charge in [0.1, 0.15) is 0 Å². The Hall–Kier alpha value is -2.60. The van der Waals surface area contributed by atoms with Crippen molar-refractivity contribution in [3.8, 4) is 0 Å². The first-order chi connectivity index (χ1) is 13.6. The average molecular weight is 451 g/mol. The molecule has 0 aromatic heterocycles. The number of esters is 1. The van der Waals surface area contributed by atoms with Crippen LogP contribution in [-0.2, 0) is 23.9 Å². The van der Waals surface area contributed by atoms with E-state index in [0.717, 1.165) is 6.92 Å². The van der Waals surface area contributed by atoms with Crippen LogP contribution >= 0.6 is 11.8 Å². The number of rotatable bonds is 5. The van der Waals surface area contributed by atoms with Crippen molar-refractivity contribution in [2.45, 2.75) is 23.6 Å². The molecule has 0 bridgehead atoms. The Morgan fingerprint density at radius 1 is 1.03 bits per heavy atom. The zero-order chi connectivity index (χ0) is 21.8. The number of oxime groups is 1. The highest BCUT2D eigenvalue weighted by Crippen LogP contribution is 2.29. The van der Waals surface area contributed by atoms with Crippen LogP contribution in [0.4, 0.5) is 17.6 Å². The van der Waals surface area contributed by atoms with Crippen molar-refractivity contribution < 1.29 is 39.8 Å². The summed E-state index contributed by atoms with van der Waals surface area (Å²) in [4.78, 5) is 10.4. The van der Waals surface area contributed by atoms with E-state index in [2.05, 4.69) is 9.44 Å². The molecule has 2 aromatic rings. The van der Waals surface area contributed by atoms with Crippen molar-refractivity contribution in [3.63, 3.8) is 0 Å². The molecule has 0 atom stereocenters. The number of thioether (sulfide) groups is 1. The highest BCUT2D eigenvalue weighted by atomic mass is 32.2. The van der Waals surface area contributed by atoms with Crippen molar-refractivity contribution >= 4 is 32.9 Å². The third-order valence-electron chi connectivity index (χ3n) is 3.32. The van der Waals surface area contributed by atoms with Crippen molar-refractivity contribution in [1.82, 2.24) is 0 Å². The Morgan fingerprint density at radius 3 is 2.10 bits per heavy atom. The first-order valence-electron chi connectivity index (χ1n) is 7.84. The predicted octanol–water partition coefficient (Wildman–Crippen LogP) is 3.93. The van der Waals surface area contributed by atoms with E-state index >= 15 is 0 Å². The molecule has 0 spiro atoms. The lowest BCUT2D eigenvalue weighted by molar-refractivity contribution is -0.134. The van der Waals surface area contributed by atoms with Gasteiger partial charge in [-0.25, -0.2) is 22.4 Å². The SMILES string of the molecule is CCOC(=O)C(=NOS(=O)(=O)c1c(F)c(F)c(C)c(F)c1F)Sc1ccccc1. The molecule has 0 heterocycles. The van der Waals surface area contributed by atoms with Crippen molar-refractivity contribution in [3.05, 3.63) is 59.2 Å². The van der Waals surface area contributed by atoms with E-state index in [1.807, 2.05) is 0 Å². The highest BCUT2D eigenvalue weighted by molar-refractivity contribution is 8.15. The summed E-state index contributed by atoms with van der Waals surface area (Å²) in [6.07, 6.45) is 0. The van der Waals surface area contributed by atoms with Gasteiger partial charge in [0.25, 0.3) is 0 Å². The second-order valence-electron chi connectivity index (χ2n) is 5.27. The summed E-state index contributed by atoms with van der Waals surface area (Å²) in [5.41, 5.74) is -1.05. The van der Waals surface area contributed by atoms with Crippen LogP contribution in [0.15, 0.2) is 45.3 Å². The number of nitrogens with zero attached hydrogens (tertiary/aromatic N) is 1. The molecule has 12 heteroatoms.